The van der Waals surface area contributed by atoms with Crippen LogP contribution >= 0.6 is 11.3 Å². The lowest BCUT2D eigenvalue weighted by Crippen LogP contribution is -2.33. The molecule has 2 heterocycles. The van der Waals surface area contributed by atoms with Gasteiger partial charge in [-0.05, 0) is 24.5 Å². The van der Waals surface area contributed by atoms with Crippen LogP contribution in [-0.4, -0.2) is 45.2 Å². The number of carbonyl (C=O) groups excluding carboxylic acids is 2. The number of hydrogen-bond donors (Lipinski definition) is 1. The van der Waals surface area contributed by atoms with Gasteiger partial charge in [0.25, 0.3) is 0 Å². The van der Waals surface area contributed by atoms with Gasteiger partial charge in [0.1, 0.15) is 0 Å². The molecule has 146 valence electrons. The zero-order chi connectivity index (χ0) is 19.9. The van der Waals surface area contributed by atoms with Gasteiger partial charge in [-0.3, -0.25) is 9.59 Å². The van der Waals surface area contributed by atoms with E-state index in [1.54, 1.807) is 11.0 Å². The quantitative estimate of drug-likeness (QED) is 0.656. The second-order valence-electron chi connectivity index (χ2n) is 6.72. The van der Waals surface area contributed by atoms with Crippen LogP contribution in [0.25, 0.3) is 0 Å². The Morgan fingerprint density at radius 1 is 1.29 bits per heavy atom. The Hall–Kier alpha value is -2.80. The Morgan fingerprint density at radius 2 is 2.07 bits per heavy atom. The summed E-state index contributed by atoms with van der Waals surface area (Å²) >= 11 is 1.32. The highest BCUT2D eigenvalue weighted by Crippen LogP contribution is 2.21. The topological polar surface area (TPSA) is 87.6 Å². The monoisotopic (exact) mass is 398 g/mol. The van der Waals surface area contributed by atoms with Crippen LogP contribution in [0.1, 0.15) is 40.3 Å². The number of rotatable bonds is 9. The number of amides is 1. The second-order valence-corrected chi connectivity index (χ2v) is 7.66. The van der Waals surface area contributed by atoms with Gasteiger partial charge in [0.15, 0.2) is 11.5 Å². The first-order chi connectivity index (χ1) is 13.5. The highest BCUT2D eigenvalue weighted by molar-refractivity contribution is 7.09. The minimum absolute atomic E-state index is 0.0227. The summed E-state index contributed by atoms with van der Waals surface area (Å²) < 4.78 is 0. The lowest BCUT2D eigenvalue weighted by Gasteiger charge is -2.22. The van der Waals surface area contributed by atoms with E-state index in [1.165, 1.54) is 16.7 Å². The molecule has 1 fully saturated rings. The predicted molar refractivity (Wildman–Crippen MR) is 106 cm³/mol. The first kappa shape index (κ1) is 19.9. The van der Waals surface area contributed by atoms with Crippen LogP contribution in [0.15, 0.2) is 47.9 Å². The maximum absolute atomic E-state index is 12.2. The fourth-order valence-corrected chi connectivity index (χ4v) is 4.06. The van der Waals surface area contributed by atoms with E-state index in [9.17, 15) is 14.4 Å². The van der Waals surface area contributed by atoms with E-state index in [0.29, 0.717) is 38.6 Å². The minimum atomic E-state index is -1.03. The molecule has 1 saturated heterocycles. The van der Waals surface area contributed by atoms with E-state index in [2.05, 4.69) is 4.98 Å². The van der Waals surface area contributed by atoms with E-state index in [1.807, 2.05) is 36.4 Å². The van der Waals surface area contributed by atoms with Gasteiger partial charge in [-0.25, -0.2) is 9.78 Å². The summed E-state index contributed by atoms with van der Waals surface area (Å²) in [4.78, 5) is 41.1. The SMILES string of the molecule is O=C(/C=C/C1CCC(=O)N1CCCc1nc(C(=O)O)cs1)Cc1ccccc1. The molecule has 1 aliphatic heterocycles. The van der Waals surface area contributed by atoms with Crippen LogP contribution < -0.4 is 0 Å². The number of ketones is 1. The summed E-state index contributed by atoms with van der Waals surface area (Å²) in [5, 5.41) is 11.2. The normalized spacial score (nSPS) is 16.8. The molecule has 0 saturated carbocycles. The molecule has 1 amide bonds. The number of carboxylic acids is 1. The molecule has 7 heteroatoms. The number of allylic oxidation sites excluding steroid dienone is 1. The smallest absolute Gasteiger partial charge is 0.355 e. The number of nitrogens with zero attached hydrogens (tertiary/aromatic N) is 2. The van der Waals surface area contributed by atoms with E-state index < -0.39 is 5.97 Å². The lowest BCUT2D eigenvalue weighted by atomic mass is 10.1. The average Bonchev–Trinajstić information content (AvgIpc) is 3.29. The molecule has 0 spiro atoms. The summed E-state index contributed by atoms with van der Waals surface area (Å²) in [6, 6.07) is 9.52. The van der Waals surface area contributed by atoms with Crippen molar-refractivity contribution in [3.63, 3.8) is 0 Å². The molecule has 1 aromatic heterocycles. The molecule has 1 atom stereocenters. The third-order valence-corrected chi connectivity index (χ3v) is 5.57. The predicted octanol–water partition coefficient (Wildman–Crippen LogP) is 3.13. The summed E-state index contributed by atoms with van der Waals surface area (Å²) in [7, 11) is 0. The number of hydrogen-bond acceptors (Lipinski definition) is 5. The first-order valence-corrected chi connectivity index (χ1v) is 10.1. The third-order valence-electron chi connectivity index (χ3n) is 4.66. The van der Waals surface area contributed by atoms with Crippen LogP contribution in [0.3, 0.4) is 0 Å². The van der Waals surface area contributed by atoms with Crippen molar-refractivity contribution in [2.75, 3.05) is 6.54 Å². The molecular weight excluding hydrogens is 376 g/mol. The van der Waals surface area contributed by atoms with Gasteiger partial charge in [0, 0.05) is 31.2 Å². The summed E-state index contributed by atoms with van der Waals surface area (Å²) in [6.07, 6.45) is 6.32. The van der Waals surface area contributed by atoms with E-state index >= 15 is 0 Å². The Kier molecular flexibility index (Phi) is 6.71. The van der Waals surface area contributed by atoms with Gasteiger partial charge >= 0.3 is 5.97 Å². The highest BCUT2D eigenvalue weighted by Gasteiger charge is 2.28. The standard InChI is InChI=1S/C21H22N2O4S/c24-17(13-15-5-2-1-3-6-15)10-8-16-9-11-20(25)23(16)12-4-7-19-22-18(14-28-19)21(26)27/h1-3,5-6,8,10,14,16H,4,7,9,11-13H2,(H,26,27)/b10-8+. The molecule has 1 unspecified atom stereocenters. The number of carboxylic acid groups (broad SMARTS) is 1. The maximum Gasteiger partial charge on any atom is 0.355 e. The van der Waals surface area contributed by atoms with Crippen molar-refractivity contribution < 1.29 is 19.5 Å². The average molecular weight is 398 g/mol. The molecule has 0 aliphatic carbocycles. The van der Waals surface area contributed by atoms with Crippen LogP contribution in [0, 0.1) is 0 Å². The number of likely N-dealkylation sites (tertiary alicyclic amines) is 1. The molecular formula is C21H22N2O4S. The van der Waals surface area contributed by atoms with Crippen LogP contribution in [0.5, 0.6) is 0 Å². The molecule has 6 nitrogen and oxygen atoms in total. The van der Waals surface area contributed by atoms with Gasteiger partial charge in [0.2, 0.25) is 5.91 Å². The first-order valence-electron chi connectivity index (χ1n) is 9.25. The van der Waals surface area contributed by atoms with Crippen molar-refractivity contribution in [3.05, 3.63) is 64.1 Å². The number of thiazole rings is 1. The number of aromatic nitrogens is 1. The Balaban J connectivity index is 1.50. The van der Waals surface area contributed by atoms with Crippen molar-refractivity contribution in [1.29, 1.82) is 0 Å². The Bertz CT molecular complexity index is 876. The van der Waals surface area contributed by atoms with Crippen molar-refractivity contribution in [3.8, 4) is 0 Å². The minimum Gasteiger partial charge on any atom is -0.476 e. The third kappa shape index (κ3) is 5.36. The summed E-state index contributed by atoms with van der Waals surface area (Å²) in [5.74, 6) is -0.910. The molecule has 1 aromatic carbocycles. The van der Waals surface area contributed by atoms with Gasteiger partial charge in [-0.15, -0.1) is 11.3 Å². The van der Waals surface area contributed by atoms with Crippen LogP contribution in [-0.2, 0) is 22.4 Å². The fourth-order valence-electron chi connectivity index (χ4n) is 3.25. The number of aryl methyl sites for hydroxylation is 1. The zero-order valence-corrected chi connectivity index (χ0v) is 16.2. The summed E-state index contributed by atoms with van der Waals surface area (Å²) in [5.41, 5.74) is 1.04. The van der Waals surface area contributed by atoms with Crippen molar-refractivity contribution in [2.24, 2.45) is 0 Å². The van der Waals surface area contributed by atoms with Crippen molar-refractivity contribution in [2.45, 2.75) is 38.1 Å². The number of benzene rings is 1. The van der Waals surface area contributed by atoms with E-state index in [0.717, 1.165) is 10.6 Å². The van der Waals surface area contributed by atoms with E-state index in [-0.39, 0.29) is 23.4 Å². The van der Waals surface area contributed by atoms with E-state index in [4.69, 9.17) is 5.11 Å². The molecule has 28 heavy (non-hydrogen) atoms. The molecule has 0 radical (unpaired) electrons. The summed E-state index contributed by atoms with van der Waals surface area (Å²) in [6.45, 7) is 0.572. The molecule has 0 bridgehead atoms. The van der Waals surface area contributed by atoms with Crippen LogP contribution in [0.2, 0.25) is 0 Å². The lowest BCUT2D eigenvalue weighted by molar-refractivity contribution is -0.128. The molecule has 1 aliphatic rings. The molecule has 1 N–H and O–H groups in total. The van der Waals surface area contributed by atoms with Gasteiger partial charge in [-0.2, -0.15) is 0 Å². The molecule has 2 aromatic rings. The fraction of sp³-hybridized carbons (Fsp3) is 0.333. The Morgan fingerprint density at radius 3 is 2.79 bits per heavy atom. The van der Waals surface area contributed by atoms with Gasteiger partial charge in [-0.1, -0.05) is 36.4 Å². The van der Waals surface area contributed by atoms with Crippen molar-refractivity contribution >= 4 is 29.0 Å². The largest absolute Gasteiger partial charge is 0.476 e. The number of aromatic carboxylic acids is 1. The number of carbonyl (C=O) groups is 3. The van der Waals surface area contributed by atoms with Gasteiger partial charge < -0.3 is 10.0 Å². The molecule has 3 rings (SSSR count). The van der Waals surface area contributed by atoms with Gasteiger partial charge in [0.05, 0.1) is 11.0 Å². The zero-order valence-electron chi connectivity index (χ0n) is 15.4. The second kappa shape index (κ2) is 9.41. The maximum atomic E-state index is 12.2. The van der Waals surface area contributed by atoms with Crippen molar-refractivity contribution in [1.82, 2.24) is 9.88 Å². The van der Waals surface area contributed by atoms with Crippen LogP contribution in [0.4, 0.5) is 0 Å². The highest BCUT2D eigenvalue weighted by atomic mass is 32.1. The Labute approximate surface area is 167 Å².